The molecule has 1 aromatic heterocycles. The largest absolute Gasteiger partial charge is 0.396 e. The van der Waals surface area contributed by atoms with Gasteiger partial charge in [-0.2, -0.15) is 5.26 Å². The van der Waals surface area contributed by atoms with E-state index in [9.17, 15) is 0 Å². The van der Waals surface area contributed by atoms with E-state index in [4.69, 9.17) is 22.5 Å². The Bertz CT molecular complexity index is 419. The Hall–Kier alpha value is -1.96. The van der Waals surface area contributed by atoms with Gasteiger partial charge < -0.3 is 17.2 Å². The number of nitriles is 1. The van der Waals surface area contributed by atoms with Crippen LogP contribution in [0.25, 0.3) is 0 Å². The van der Waals surface area contributed by atoms with Gasteiger partial charge in [0.1, 0.15) is 17.5 Å². The van der Waals surface area contributed by atoms with Crippen LogP contribution in [0.4, 0.5) is 17.2 Å². The van der Waals surface area contributed by atoms with Crippen molar-refractivity contribution in [2.45, 2.75) is 32.6 Å². The van der Waals surface area contributed by atoms with Crippen LogP contribution in [-0.4, -0.2) is 4.98 Å². The standard InChI is InChI=1S/C11H17N5/c1-2-3-4-5-8-10(14)9(13)7(6-12)11(15)16-8/h2-5,14H2,1H3,(H4,13,15,16). The molecule has 0 aliphatic carbocycles. The Kier molecular flexibility index (Phi) is 3.95. The topological polar surface area (TPSA) is 115 Å². The summed E-state index contributed by atoms with van der Waals surface area (Å²) >= 11 is 0. The molecule has 0 saturated heterocycles. The van der Waals surface area contributed by atoms with Crippen LogP contribution in [0, 0.1) is 11.3 Å². The summed E-state index contributed by atoms with van der Waals surface area (Å²) in [4.78, 5) is 4.13. The second-order valence-corrected chi connectivity index (χ2v) is 3.71. The molecule has 6 N–H and O–H groups in total. The molecule has 0 fully saturated rings. The summed E-state index contributed by atoms with van der Waals surface area (Å²) in [6, 6.07) is 1.91. The molecule has 0 saturated carbocycles. The quantitative estimate of drug-likeness (QED) is 0.662. The fraction of sp³-hybridized carbons (Fsp3) is 0.455. The number of anilines is 3. The molecular formula is C11H17N5. The minimum Gasteiger partial charge on any atom is -0.396 e. The lowest BCUT2D eigenvalue weighted by Crippen LogP contribution is -2.09. The number of nitrogens with zero attached hydrogens (tertiary/aromatic N) is 2. The van der Waals surface area contributed by atoms with Gasteiger partial charge in [-0.15, -0.1) is 0 Å². The summed E-state index contributed by atoms with van der Waals surface area (Å²) in [5.41, 5.74) is 18.7. The smallest absolute Gasteiger partial charge is 0.143 e. The normalized spacial score (nSPS) is 10.0. The van der Waals surface area contributed by atoms with Crippen molar-refractivity contribution in [2.24, 2.45) is 0 Å². The molecule has 1 rings (SSSR count). The highest BCUT2D eigenvalue weighted by Crippen LogP contribution is 2.27. The monoisotopic (exact) mass is 219 g/mol. The van der Waals surface area contributed by atoms with Gasteiger partial charge in [-0.3, -0.25) is 0 Å². The average Bonchev–Trinajstić information content (AvgIpc) is 2.26. The molecule has 5 nitrogen and oxygen atoms in total. The zero-order valence-electron chi connectivity index (χ0n) is 9.45. The number of aromatic nitrogens is 1. The Morgan fingerprint density at radius 2 is 1.88 bits per heavy atom. The molecule has 1 heterocycles. The molecule has 0 aliphatic heterocycles. The molecule has 0 aliphatic rings. The molecule has 0 radical (unpaired) electrons. The van der Waals surface area contributed by atoms with E-state index in [2.05, 4.69) is 11.9 Å². The number of hydrogen-bond donors (Lipinski definition) is 3. The number of hydrogen-bond acceptors (Lipinski definition) is 5. The van der Waals surface area contributed by atoms with Gasteiger partial charge in [-0.05, 0) is 12.8 Å². The van der Waals surface area contributed by atoms with Crippen LogP contribution in [-0.2, 0) is 6.42 Å². The third-order valence-electron chi connectivity index (χ3n) is 2.51. The fourth-order valence-electron chi connectivity index (χ4n) is 1.54. The summed E-state index contributed by atoms with van der Waals surface area (Å²) in [6.45, 7) is 2.12. The van der Waals surface area contributed by atoms with Crippen LogP contribution in [0.15, 0.2) is 0 Å². The SMILES string of the molecule is CCCCCc1nc(N)c(C#N)c(N)c1N. The lowest BCUT2D eigenvalue weighted by Gasteiger charge is -2.10. The first-order valence-electron chi connectivity index (χ1n) is 5.35. The lowest BCUT2D eigenvalue weighted by atomic mass is 10.1. The van der Waals surface area contributed by atoms with Crippen molar-refractivity contribution in [3.05, 3.63) is 11.3 Å². The fourth-order valence-corrected chi connectivity index (χ4v) is 1.54. The van der Waals surface area contributed by atoms with Gasteiger partial charge >= 0.3 is 0 Å². The lowest BCUT2D eigenvalue weighted by molar-refractivity contribution is 0.709. The third-order valence-corrected chi connectivity index (χ3v) is 2.51. The number of rotatable bonds is 4. The van der Waals surface area contributed by atoms with Crippen molar-refractivity contribution in [3.8, 4) is 6.07 Å². The Morgan fingerprint density at radius 1 is 1.19 bits per heavy atom. The molecule has 0 spiro atoms. The molecule has 5 heteroatoms. The van der Waals surface area contributed by atoms with E-state index in [-0.39, 0.29) is 17.1 Å². The molecule has 0 atom stereocenters. The molecule has 0 unspecified atom stereocenters. The molecular weight excluding hydrogens is 202 g/mol. The van der Waals surface area contributed by atoms with Crippen LogP contribution < -0.4 is 17.2 Å². The van der Waals surface area contributed by atoms with E-state index >= 15 is 0 Å². The number of aryl methyl sites for hydroxylation is 1. The van der Waals surface area contributed by atoms with Crippen molar-refractivity contribution >= 4 is 17.2 Å². The summed E-state index contributed by atoms with van der Waals surface area (Å²) in [7, 11) is 0. The van der Waals surface area contributed by atoms with Crippen LogP contribution in [0.1, 0.15) is 37.4 Å². The van der Waals surface area contributed by atoms with E-state index in [1.807, 2.05) is 6.07 Å². The van der Waals surface area contributed by atoms with E-state index in [0.29, 0.717) is 11.4 Å². The maximum atomic E-state index is 8.82. The van der Waals surface area contributed by atoms with Crippen molar-refractivity contribution in [2.75, 3.05) is 17.2 Å². The Balaban J connectivity index is 3.00. The molecule has 86 valence electrons. The second kappa shape index (κ2) is 5.21. The first-order chi connectivity index (χ1) is 7.61. The first kappa shape index (κ1) is 12.1. The molecule has 0 bridgehead atoms. The van der Waals surface area contributed by atoms with Crippen molar-refractivity contribution in [1.82, 2.24) is 4.98 Å². The van der Waals surface area contributed by atoms with Crippen LogP contribution in [0.2, 0.25) is 0 Å². The van der Waals surface area contributed by atoms with E-state index in [1.54, 1.807) is 0 Å². The highest BCUT2D eigenvalue weighted by molar-refractivity contribution is 5.77. The predicted molar refractivity (Wildman–Crippen MR) is 65.4 cm³/mol. The van der Waals surface area contributed by atoms with Crippen molar-refractivity contribution in [1.29, 1.82) is 5.26 Å². The number of nitrogen functional groups attached to an aromatic ring is 3. The minimum atomic E-state index is 0.167. The summed E-state index contributed by atoms with van der Waals surface area (Å²) < 4.78 is 0. The van der Waals surface area contributed by atoms with Crippen molar-refractivity contribution in [3.63, 3.8) is 0 Å². The second-order valence-electron chi connectivity index (χ2n) is 3.71. The van der Waals surface area contributed by atoms with Crippen LogP contribution in [0.5, 0.6) is 0 Å². The zero-order valence-corrected chi connectivity index (χ0v) is 9.45. The highest BCUT2D eigenvalue weighted by Gasteiger charge is 2.13. The maximum absolute atomic E-state index is 8.82. The van der Waals surface area contributed by atoms with Crippen LogP contribution in [0.3, 0.4) is 0 Å². The number of pyridine rings is 1. The highest BCUT2D eigenvalue weighted by atomic mass is 14.9. The van der Waals surface area contributed by atoms with E-state index in [1.165, 1.54) is 0 Å². The molecule has 1 aromatic rings. The summed E-state index contributed by atoms with van der Waals surface area (Å²) in [5.74, 6) is 0.167. The number of unbranched alkanes of at least 4 members (excludes halogenated alkanes) is 2. The maximum Gasteiger partial charge on any atom is 0.143 e. The molecule has 0 aromatic carbocycles. The van der Waals surface area contributed by atoms with Gasteiger partial charge in [0.2, 0.25) is 0 Å². The average molecular weight is 219 g/mol. The zero-order chi connectivity index (χ0) is 12.1. The van der Waals surface area contributed by atoms with Gasteiger partial charge in [0.05, 0.1) is 17.1 Å². The third kappa shape index (κ3) is 2.34. The van der Waals surface area contributed by atoms with Gasteiger partial charge in [0.25, 0.3) is 0 Å². The van der Waals surface area contributed by atoms with Gasteiger partial charge in [-0.1, -0.05) is 19.8 Å². The van der Waals surface area contributed by atoms with E-state index in [0.717, 1.165) is 25.7 Å². The Labute approximate surface area is 95.3 Å². The van der Waals surface area contributed by atoms with Gasteiger partial charge in [0, 0.05) is 0 Å². The first-order valence-corrected chi connectivity index (χ1v) is 5.35. The van der Waals surface area contributed by atoms with Gasteiger partial charge in [0.15, 0.2) is 0 Å². The van der Waals surface area contributed by atoms with Crippen LogP contribution >= 0.6 is 0 Å². The Morgan fingerprint density at radius 3 is 2.44 bits per heavy atom. The van der Waals surface area contributed by atoms with Gasteiger partial charge in [-0.25, -0.2) is 4.98 Å². The summed E-state index contributed by atoms with van der Waals surface area (Å²) in [6.07, 6.45) is 3.99. The van der Waals surface area contributed by atoms with Crippen molar-refractivity contribution < 1.29 is 0 Å². The number of nitrogens with two attached hydrogens (primary N) is 3. The summed E-state index contributed by atoms with van der Waals surface area (Å²) in [5, 5.41) is 8.82. The molecule has 0 amide bonds. The predicted octanol–water partition coefficient (Wildman–Crippen LogP) is 1.43. The van der Waals surface area contributed by atoms with E-state index < -0.39 is 0 Å². The minimum absolute atomic E-state index is 0.167. The molecule has 16 heavy (non-hydrogen) atoms.